The molecule has 2 aromatic rings. The van der Waals surface area contributed by atoms with Crippen LogP contribution in [0.5, 0.6) is 11.5 Å². The molecule has 2 aliphatic rings. The molecule has 0 amide bonds. The number of hydrogen-bond acceptors (Lipinski definition) is 5. The van der Waals surface area contributed by atoms with Crippen molar-refractivity contribution in [1.82, 2.24) is 10.3 Å². The normalized spacial score (nSPS) is 18.0. The Morgan fingerprint density at radius 3 is 3.05 bits per heavy atom. The molecule has 0 radical (unpaired) electrons. The molecule has 1 aliphatic carbocycles. The van der Waals surface area contributed by atoms with Gasteiger partial charge in [-0.2, -0.15) is 0 Å². The first-order valence-corrected chi connectivity index (χ1v) is 8.25. The van der Waals surface area contributed by atoms with E-state index in [2.05, 4.69) is 29.8 Å². The lowest BCUT2D eigenvalue weighted by atomic mass is 10.1. The SMILES string of the molecule is C[C@H](NCc1nc(C2CC2)cs1)c1ccc2c(c1)OCO2. The van der Waals surface area contributed by atoms with Crippen LogP contribution in [0.25, 0.3) is 0 Å². The molecule has 2 heterocycles. The van der Waals surface area contributed by atoms with Gasteiger partial charge >= 0.3 is 0 Å². The second kappa shape index (κ2) is 5.31. The van der Waals surface area contributed by atoms with Crippen LogP contribution in [0.15, 0.2) is 23.6 Å². The second-order valence-corrected chi connectivity index (χ2v) is 6.60. The van der Waals surface area contributed by atoms with Crippen LogP contribution in [0.3, 0.4) is 0 Å². The molecule has 1 aromatic carbocycles. The number of rotatable bonds is 5. The van der Waals surface area contributed by atoms with Crippen LogP contribution in [-0.2, 0) is 6.54 Å². The Bertz CT molecular complexity index is 651. The predicted molar refractivity (Wildman–Crippen MR) is 81.9 cm³/mol. The maximum Gasteiger partial charge on any atom is 0.231 e. The number of ether oxygens (including phenoxy) is 2. The first-order chi connectivity index (χ1) is 10.3. The third-order valence-electron chi connectivity index (χ3n) is 4.02. The number of aromatic nitrogens is 1. The number of hydrogen-bond donors (Lipinski definition) is 1. The zero-order valence-electron chi connectivity index (χ0n) is 12.0. The molecule has 1 aliphatic heterocycles. The lowest BCUT2D eigenvalue weighted by molar-refractivity contribution is 0.174. The Balaban J connectivity index is 1.39. The molecule has 0 spiro atoms. The summed E-state index contributed by atoms with van der Waals surface area (Å²) in [6, 6.07) is 6.37. The van der Waals surface area contributed by atoms with E-state index in [4.69, 9.17) is 14.5 Å². The first kappa shape index (κ1) is 13.1. The topological polar surface area (TPSA) is 43.4 Å². The summed E-state index contributed by atoms with van der Waals surface area (Å²) in [7, 11) is 0. The van der Waals surface area contributed by atoms with E-state index in [-0.39, 0.29) is 6.04 Å². The standard InChI is InChI=1S/C16H18N2O2S/c1-10(12-4-5-14-15(6-12)20-9-19-14)17-7-16-18-13(8-21-16)11-2-3-11/h4-6,8,10-11,17H,2-3,7,9H2,1H3/t10-/m0/s1. The summed E-state index contributed by atoms with van der Waals surface area (Å²) in [6.45, 7) is 3.30. The van der Waals surface area contributed by atoms with Gasteiger partial charge in [-0.15, -0.1) is 11.3 Å². The van der Waals surface area contributed by atoms with Gasteiger partial charge in [0.2, 0.25) is 6.79 Å². The lowest BCUT2D eigenvalue weighted by Gasteiger charge is -2.13. The van der Waals surface area contributed by atoms with Gasteiger partial charge in [0.25, 0.3) is 0 Å². The average Bonchev–Trinajstić information content (AvgIpc) is 3.07. The van der Waals surface area contributed by atoms with E-state index in [1.807, 2.05) is 6.07 Å². The van der Waals surface area contributed by atoms with Crippen LogP contribution < -0.4 is 14.8 Å². The lowest BCUT2D eigenvalue weighted by Crippen LogP contribution is -2.18. The highest BCUT2D eigenvalue weighted by Gasteiger charge is 2.26. The highest BCUT2D eigenvalue weighted by atomic mass is 32.1. The number of benzene rings is 1. The quantitative estimate of drug-likeness (QED) is 0.916. The summed E-state index contributed by atoms with van der Waals surface area (Å²) in [5.41, 5.74) is 2.49. The number of nitrogens with one attached hydrogen (secondary N) is 1. The van der Waals surface area contributed by atoms with E-state index in [0.29, 0.717) is 6.79 Å². The highest BCUT2D eigenvalue weighted by Crippen LogP contribution is 2.40. The fraction of sp³-hybridized carbons (Fsp3) is 0.438. The van der Waals surface area contributed by atoms with Crippen LogP contribution in [0.1, 0.15) is 48.0 Å². The Kier molecular flexibility index (Phi) is 3.31. The molecule has 0 saturated heterocycles. The van der Waals surface area contributed by atoms with E-state index in [0.717, 1.165) is 24.0 Å². The van der Waals surface area contributed by atoms with Gasteiger partial charge in [0.1, 0.15) is 5.01 Å². The van der Waals surface area contributed by atoms with E-state index in [1.54, 1.807) is 11.3 Å². The molecule has 4 rings (SSSR count). The maximum absolute atomic E-state index is 5.43. The smallest absolute Gasteiger partial charge is 0.231 e. The van der Waals surface area contributed by atoms with Gasteiger partial charge in [-0.3, -0.25) is 0 Å². The molecule has 1 fully saturated rings. The molecule has 1 saturated carbocycles. The van der Waals surface area contributed by atoms with Crippen molar-refractivity contribution < 1.29 is 9.47 Å². The predicted octanol–water partition coefficient (Wildman–Crippen LogP) is 3.60. The summed E-state index contributed by atoms with van der Waals surface area (Å²) >= 11 is 1.76. The molecule has 0 bridgehead atoms. The number of thiazole rings is 1. The van der Waals surface area contributed by atoms with Crippen LogP contribution in [0.2, 0.25) is 0 Å². The van der Waals surface area contributed by atoms with Gasteiger partial charge in [-0.25, -0.2) is 4.98 Å². The zero-order valence-corrected chi connectivity index (χ0v) is 12.8. The molecule has 1 N–H and O–H groups in total. The van der Waals surface area contributed by atoms with Crippen molar-refractivity contribution in [1.29, 1.82) is 0 Å². The van der Waals surface area contributed by atoms with E-state index in [9.17, 15) is 0 Å². The molecular formula is C16H18N2O2S. The molecule has 110 valence electrons. The maximum atomic E-state index is 5.43. The molecule has 1 aromatic heterocycles. The van der Waals surface area contributed by atoms with Crippen LogP contribution in [0.4, 0.5) is 0 Å². The Labute approximate surface area is 128 Å². The average molecular weight is 302 g/mol. The van der Waals surface area contributed by atoms with Crippen molar-refractivity contribution in [3.63, 3.8) is 0 Å². The molecule has 0 unspecified atom stereocenters. The first-order valence-electron chi connectivity index (χ1n) is 7.37. The molecule has 4 nitrogen and oxygen atoms in total. The molecule has 5 heteroatoms. The summed E-state index contributed by atoms with van der Waals surface area (Å²) in [5, 5.41) is 6.91. The van der Waals surface area contributed by atoms with E-state index < -0.39 is 0 Å². The molecule has 21 heavy (non-hydrogen) atoms. The van der Waals surface area contributed by atoms with Crippen LogP contribution in [0, 0.1) is 0 Å². The zero-order chi connectivity index (χ0) is 14.2. The third-order valence-corrected chi connectivity index (χ3v) is 4.89. The number of fused-ring (bicyclic) bond motifs is 1. The Morgan fingerprint density at radius 1 is 1.33 bits per heavy atom. The van der Waals surface area contributed by atoms with Crippen LogP contribution in [-0.4, -0.2) is 11.8 Å². The molecule has 1 atom stereocenters. The largest absolute Gasteiger partial charge is 0.454 e. The minimum absolute atomic E-state index is 0.257. The fourth-order valence-corrected chi connectivity index (χ4v) is 3.34. The third kappa shape index (κ3) is 2.76. The van der Waals surface area contributed by atoms with Gasteiger partial charge in [0.15, 0.2) is 11.5 Å². The summed E-state index contributed by atoms with van der Waals surface area (Å²) in [5.74, 6) is 2.41. The molecular weight excluding hydrogens is 284 g/mol. The van der Waals surface area contributed by atoms with Crippen molar-refractivity contribution in [2.45, 2.75) is 38.3 Å². The summed E-state index contributed by atoms with van der Waals surface area (Å²) < 4.78 is 10.8. The van der Waals surface area contributed by atoms with Gasteiger partial charge in [-0.1, -0.05) is 6.07 Å². The Hall–Kier alpha value is -1.59. The van der Waals surface area contributed by atoms with Crippen molar-refractivity contribution in [3.05, 3.63) is 39.8 Å². The van der Waals surface area contributed by atoms with Gasteiger partial charge in [0.05, 0.1) is 5.69 Å². The van der Waals surface area contributed by atoms with Crippen LogP contribution >= 0.6 is 11.3 Å². The van der Waals surface area contributed by atoms with Gasteiger partial charge in [0, 0.05) is 23.9 Å². The van der Waals surface area contributed by atoms with Gasteiger partial charge in [-0.05, 0) is 37.5 Å². The van der Waals surface area contributed by atoms with Crippen molar-refractivity contribution in [2.75, 3.05) is 6.79 Å². The fourth-order valence-electron chi connectivity index (χ4n) is 2.51. The van der Waals surface area contributed by atoms with Gasteiger partial charge < -0.3 is 14.8 Å². The second-order valence-electron chi connectivity index (χ2n) is 5.66. The monoisotopic (exact) mass is 302 g/mol. The van der Waals surface area contributed by atoms with E-state index >= 15 is 0 Å². The van der Waals surface area contributed by atoms with Crippen molar-refractivity contribution in [2.24, 2.45) is 0 Å². The minimum Gasteiger partial charge on any atom is -0.454 e. The van der Waals surface area contributed by atoms with Crippen molar-refractivity contribution in [3.8, 4) is 11.5 Å². The van der Waals surface area contributed by atoms with E-state index in [1.165, 1.54) is 29.1 Å². The minimum atomic E-state index is 0.257. The summed E-state index contributed by atoms with van der Waals surface area (Å²) in [4.78, 5) is 4.71. The number of nitrogens with zero attached hydrogens (tertiary/aromatic N) is 1. The highest BCUT2D eigenvalue weighted by molar-refractivity contribution is 7.09. The van der Waals surface area contributed by atoms with Crippen molar-refractivity contribution >= 4 is 11.3 Å². The summed E-state index contributed by atoms with van der Waals surface area (Å²) in [6.07, 6.45) is 2.62. The Morgan fingerprint density at radius 2 is 2.19 bits per heavy atom.